The lowest BCUT2D eigenvalue weighted by atomic mass is 9.89. The van der Waals surface area contributed by atoms with Gasteiger partial charge in [0.15, 0.2) is 0 Å². The van der Waals surface area contributed by atoms with Crippen molar-refractivity contribution in [2.45, 2.75) is 25.9 Å². The highest BCUT2D eigenvalue weighted by molar-refractivity contribution is 9.10. The van der Waals surface area contributed by atoms with Gasteiger partial charge in [-0.05, 0) is 37.5 Å². The second kappa shape index (κ2) is 3.10. The Balaban J connectivity index is 2.58. The maximum Gasteiger partial charge on any atom is 0.0878 e. The number of hydrogen-bond donors (Lipinski definition) is 0. The molecule has 0 aliphatic carbocycles. The van der Waals surface area contributed by atoms with Crippen molar-refractivity contribution in [3.63, 3.8) is 0 Å². The number of halogens is 1. The molecular weight excluding hydrogens is 228 g/mol. The molecule has 1 aromatic carbocycles. The van der Waals surface area contributed by atoms with Gasteiger partial charge in [0, 0.05) is 4.47 Å². The average Bonchev–Trinajstić information content (AvgIpc) is 2.06. The third-order valence-corrected chi connectivity index (χ3v) is 3.33. The van der Waals surface area contributed by atoms with Gasteiger partial charge in [-0.25, -0.2) is 0 Å². The molecule has 1 heterocycles. The van der Waals surface area contributed by atoms with E-state index < -0.39 is 0 Å². The topological polar surface area (TPSA) is 9.23 Å². The van der Waals surface area contributed by atoms with Crippen LogP contribution in [0.25, 0.3) is 0 Å². The normalized spacial score (nSPS) is 19.6. The Kier molecular flexibility index (Phi) is 2.20. The molecule has 0 saturated carbocycles. The third kappa shape index (κ3) is 1.53. The molecule has 1 aliphatic rings. The summed E-state index contributed by atoms with van der Waals surface area (Å²) >= 11 is 3.58. The summed E-state index contributed by atoms with van der Waals surface area (Å²) < 4.78 is 6.94. The van der Waals surface area contributed by atoms with E-state index in [1.54, 1.807) is 0 Å². The lowest BCUT2D eigenvalue weighted by Gasteiger charge is -2.33. The maximum absolute atomic E-state index is 5.73. The second-order valence-electron chi connectivity index (χ2n) is 3.87. The van der Waals surface area contributed by atoms with Gasteiger partial charge in [0.25, 0.3) is 0 Å². The quantitative estimate of drug-likeness (QED) is 0.677. The number of ether oxygens (including phenoxy) is 1. The fraction of sp³-hybridized carbons (Fsp3) is 0.455. The predicted molar refractivity (Wildman–Crippen MR) is 56.8 cm³/mol. The van der Waals surface area contributed by atoms with Crippen molar-refractivity contribution in [2.24, 2.45) is 0 Å². The van der Waals surface area contributed by atoms with Crippen LogP contribution in [0.5, 0.6) is 0 Å². The molecule has 0 aromatic heterocycles. The first-order valence-electron chi connectivity index (χ1n) is 4.53. The zero-order valence-electron chi connectivity index (χ0n) is 7.93. The van der Waals surface area contributed by atoms with Gasteiger partial charge in [-0.15, -0.1) is 0 Å². The first-order valence-corrected chi connectivity index (χ1v) is 5.32. The van der Waals surface area contributed by atoms with Crippen molar-refractivity contribution < 1.29 is 4.74 Å². The molecule has 0 bridgehead atoms. The smallest absolute Gasteiger partial charge is 0.0878 e. The molecule has 0 amide bonds. The number of fused-ring (bicyclic) bond motifs is 1. The van der Waals surface area contributed by atoms with Gasteiger partial charge in [-0.3, -0.25) is 0 Å². The SMILES string of the molecule is CC1(C)OCCc2c(Br)cccc21. The van der Waals surface area contributed by atoms with Crippen LogP contribution in [0.2, 0.25) is 0 Å². The molecule has 0 N–H and O–H groups in total. The van der Waals surface area contributed by atoms with Gasteiger partial charge >= 0.3 is 0 Å². The molecular formula is C11H13BrO. The first-order chi connectivity index (χ1) is 6.11. The molecule has 2 heteroatoms. The lowest BCUT2D eigenvalue weighted by molar-refractivity contribution is -0.0316. The number of benzene rings is 1. The van der Waals surface area contributed by atoms with Crippen LogP contribution in [-0.2, 0) is 16.8 Å². The zero-order valence-corrected chi connectivity index (χ0v) is 9.52. The van der Waals surface area contributed by atoms with Crippen LogP contribution in [0, 0.1) is 0 Å². The Bertz CT molecular complexity index is 331. The highest BCUT2D eigenvalue weighted by Crippen LogP contribution is 2.35. The minimum atomic E-state index is -0.128. The molecule has 1 aromatic rings. The Morgan fingerprint density at radius 3 is 2.85 bits per heavy atom. The summed E-state index contributed by atoms with van der Waals surface area (Å²) in [5.41, 5.74) is 2.59. The molecule has 1 nitrogen and oxygen atoms in total. The summed E-state index contributed by atoms with van der Waals surface area (Å²) in [6.45, 7) is 5.07. The Labute approximate surface area is 87.2 Å². The molecule has 0 unspecified atom stereocenters. The van der Waals surface area contributed by atoms with Crippen LogP contribution < -0.4 is 0 Å². The van der Waals surface area contributed by atoms with Crippen LogP contribution in [0.1, 0.15) is 25.0 Å². The number of hydrogen-bond acceptors (Lipinski definition) is 1. The van der Waals surface area contributed by atoms with Crippen LogP contribution in [0.3, 0.4) is 0 Å². The molecule has 0 fully saturated rings. The van der Waals surface area contributed by atoms with Gasteiger partial charge in [-0.1, -0.05) is 28.1 Å². The molecule has 1 aliphatic heterocycles. The average molecular weight is 241 g/mol. The molecule has 70 valence electrons. The standard InChI is InChI=1S/C11H13BrO/c1-11(2)9-4-3-5-10(12)8(9)6-7-13-11/h3-5H,6-7H2,1-2H3. The second-order valence-corrected chi connectivity index (χ2v) is 4.73. The maximum atomic E-state index is 5.73. The predicted octanol–water partition coefficient (Wildman–Crippen LogP) is 3.26. The lowest BCUT2D eigenvalue weighted by Crippen LogP contribution is -2.29. The van der Waals surface area contributed by atoms with E-state index in [9.17, 15) is 0 Å². The van der Waals surface area contributed by atoms with Crippen molar-refractivity contribution in [1.82, 2.24) is 0 Å². The van der Waals surface area contributed by atoms with E-state index in [-0.39, 0.29) is 5.60 Å². The van der Waals surface area contributed by atoms with E-state index >= 15 is 0 Å². The van der Waals surface area contributed by atoms with Crippen molar-refractivity contribution in [3.8, 4) is 0 Å². The highest BCUT2D eigenvalue weighted by atomic mass is 79.9. The summed E-state index contributed by atoms with van der Waals surface area (Å²) in [5.74, 6) is 0. The molecule has 2 rings (SSSR count). The van der Waals surface area contributed by atoms with Crippen LogP contribution in [0.4, 0.5) is 0 Å². The largest absolute Gasteiger partial charge is 0.371 e. The Hall–Kier alpha value is -0.340. The fourth-order valence-corrected chi connectivity index (χ4v) is 2.43. The van der Waals surface area contributed by atoms with E-state index in [1.165, 1.54) is 15.6 Å². The fourth-order valence-electron chi connectivity index (χ4n) is 1.86. The van der Waals surface area contributed by atoms with Crippen LogP contribution >= 0.6 is 15.9 Å². The van der Waals surface area contributed by atoms with E-state index in [2.05, 4.69) is 48.0 Å². The first kappa shape index (κ1) is 9.22. The van der Waals surface area contributed by atoms with Gasteiger partial charge in [0.05, 0.1) is 12.2 Å². The molecule has 0 saturated heterocycles. The summed E-state index contributed by atoms with van der Waals surface area (Å²) in [7, 11) is 0. The van der Waals surface area contributed by atoms with E-state index in [1.807, 2.05) is 0 Å². The van der Waals surface area contributed by atoms with Gasteiger partial charge in [0.1, 0.15) is 0 Å². The van der Waals surface area contributed by atoms with Crippen molar-refractivity contribution in [3.05, 3.63) is 33.8 Å². The monoisotopic (exact) mass is 240 g/mol. The Morgan fingerprint density at radius 1 is 1.38 bits per heavy atom. The molecule has 0 atom stereocenters. The van der Waals surface area contributed by atoms with Crippen LogP contribution in [-0.4, -0.2) is 6.61 Å². The van der Waals surface area contributed by atoms with E-state index in [4.69, 9.17) is 4.74 Å². The number of rotatable bonds is 0. The van der Waals surface area contributed by atoms with Crippen molar-refractivity contribution in [1.29, 1.82) is 0 Å². The van der Waals surface area contributed by atoms with Crippen LogP contribution in [0.15, 0.2) is 22.7 Å². The Morgan fingerprint density at radius 2 is 2.15 bits per heavy atom. The van der Waals surface area contributed by atoms with Gasteiger partial charge in [0.2, 0.25) is 0 Å². The highest BCUT2D eigenvalue weighted by Gasteiger charge is 2.28. The molecule has 13 heavy (non-hydrogen) atoms. The van der Waals surface area contributed by atoms with Crippen molar-refractivity contribution in [2.75, 3.05) is 6.61 Å². The van der Waals surface area contributed by atoms with E-state index in [0.717, 1.165) is 13.0 Å². The van der Waals surface area contributed by atoms with Gasteiger partial charge < -0.3 is 4.74 Å². The summed E-state index contributed by atoms with van der Waals surface area (Å²) in [4.78, 5) is 0. The van der Waals surface area contributed by atoms with Crippen molar-refractivity contribution >= 4 is 15.9 Å². The zero-order chi connectivity index (χ0) is 9.47. The summed E-state index contributed by atoms with van der Waals surface area (Å²) in [6.07, 6.45) is 1.01. The van der Waals surface area contributed by atoms with E-state index in [0.29, 0.717) is 0 Å². The minimum absolute atomic E-state index is 0.128. The molecule has 0 spiro atoms. The molecule has 0 radical (unpaired) electrons. The summed E-state index contributed by atoms with van der Waals surface area (Å²) in [6, 6.07) is 6.32. The summed E-state index contributed by atoms with van der Waals surface area (Å²) in [5, 5.41) is 0. The van der Waals surface area contributed by atoms with Gasteiger partial charge in [-0.2, -0.15) is 0 Å². The third-order valence-electron chi connectivity index (χ3n) is 2.58. The minimum Gasteiger partial charge on any atom is -0.371 e.